The molecule has 0 aromatic heterocycles. The van der Waals surface area contributed by atoms with Crippen molar-refractivity contribution < 1.29 is 14.0 Å². The standard InChI is InChI=1S/C21H27BrO3SSi/c1-21(2,3)27(5,6)25-18-10-8-7-9-16(18)14-26-19-13-15(20(23)24-4)11-12-17(19)22/h7-13H,14H2,1-6H3. The molecule has 0 aliphatic rings. The van der Waals surface area contributed by atoms with Gasteiger partial charge in [-0.1, -0.05) is 39.0 Å². The van der Waals surface area contributed by atoms with Crippen LogP contribution in [0.3, 0.4) is 0 Å². The number of rotatable bonds is 6. The molecule has 6 heteroatoms. The van der Waals surface area contributed by atoms with Crippen molar-refractivity contribution in [2.24, 2.45) is 0 Å². The smallest absolute Gasteiger partial charge is 0.337 e. The van der Waals surface area contributed by atoms with Gasteiger partial charge in [-0.2, -0.15) is 0 Å². The molecular formula is C21H27BrO3SSi. The van der Waals surface area contributed by atoms with Crippen LogP contribution in [0.15, 0.2) is 51.8 Å². The fourth-order valence-electron chi connectivity index (χ4n) is 2.16. The molecule has 0 fully saturated rings. The summed E-state index contributed by atoms with van der Waals surface area (Å²) in [6, 6.07) is 13.7. The molecule has 0 saturated carbocycles. The molecule has 0 saturated heterocycles. The Kier molecular flexibility index (Phi) is 7.22. The molecule has 3 nitrogen and oxygen atoms in total. The minimum absolute atomic E-state index is 0.144. The molecule has 2 rings (SSSR count). The van der Waals surface area contributed by atoms with Gasteiger partial charge in [-0.25, -0.2) is 4.79 Å². The summed E-state index contributed by atoms with van der Waals surface area (Å²) >= 11 is 5.24. The van der Waals surface area contributed by atoms with E-state index in [0.29, 0.717) is 5.56 Å². The lowest BCUT2D eigenvalue weighted by Gasteiger charge is -2.37. The van der Waals surface area contributed by atoms with E-state index >= 15 is 0 Å². The van der Waals surface area contributed by atoms with Gasteiger partial charge in [0.25, 0.3) is 0 Å². The number of carbonyl (C=O) groups excluding carboxylic acids is 1. The second-order valence-corrected chi connectivity index (χ2v) is 14.5. The zero-order valence-corrected chi connectivity index (χ0v) is 20.2. The number of methoxy groups -OCH3 is 1. The summed E-state index contributed by atoms with van der Waals surface area (Å²) in [7, 11) is -0.510. The Morgan fingerprint density at radius 2 is 1.81 bits per heavy atom. The minimum atomic E-state index is -1.90. The minimum Gasteiger partial charge on any atom is -0.543 e. The predicted molar refractivity (Wildman–Crippen MR) is 119 cm³/mol. The summed E-state index contributed by atoms with van der Waals surface area (Å²) in [6.07, 6.45) is 0. The van der Waals surface area contributed by atoms with Gasteiger partial charge in [0.1, 0.15) is 5.75 Å². The van der Waals surface area contributed by atoms with Crippen molar-refractivity contribution in [3.63, 3.8) is 0 Å². The fourth-order valence-corrected chi connectivity index (χ4v) is 4.78. The molecule has 0 N–H and O–H groups in total. The van der Waals surface area contributed by atoms with Gasteiger partial charge < -0.3 is 9.16 Å². The number of ether oxygens (including phenoxy) is 1. The molecule has 0 unspecified atom stereocenters. The average molecular weight is 468 g/mol. The van der Waals surface area contributed by atoms with E-state index in [0.717, 1.165) is 26.4 Å². The maximum Gasteiger partial charge on any atom is 0.337 e. The highest BCUT2D eigenvalue weighted by Gasteiger charge is 2.39. The monoisotopic (exact) mass is 466 g/mol. The normalized spacial score (nSPS) is 12.0. The molecule has 2 aromatic carbocycles. The van der Waals surface area contributed by atoms with Gasteiger partial charge >= 0.3 is 5.97 Å². The second kappa shape index (κ2) is 8.84. The Hall–Kier alpha value is -1.24. The van der Waals surface area contributed by atoms with Crippen molar-refractivity contribution in [2.75, 3.05) is 7.11 Å². The highest BCUT2D eigenvalue weighted by molar-refractivity contribution is 9.10. The van der Waals surface area contributed by atoms with Gasteiger partial charge in [0.05, 0.1) is 12.7 Å². The van der Waals surface area contributed by atoms with Crippen LogP contribution in [0, 0.1) is 0 Å². The number of esters is 1. The molecule has 0 bridgehead atoms. The molecule has 146 valence electrons. The van der Waals surface area contributed by atoms with Gasteiger partial charge in [0, 0.05) is 20.7 Å². The lowest BCUT2D eigenvalue weighted by molar-refractivity contribution is 0.0600. The largest absolute Gasteiger partial charge is 0.543 e. The van der Waals surface area contributed by atoms with Crippen molar-refractivity contribution >= 4 is 42.0 Å². The van der Waals surface area contributed by atoms with Crippen LogP contribution in [0.1, 0.15) is 36.7 Å². The third-order valence-corrected chi connectivity index (χ3v) is 11.3. The molecular weight excluding hydrogens is 440 g/mol. The van der Waals surface area contributed by atoms with Crippen LogP contribution in [0.5, 0.6) is 5.75 Å². The van der Waals surface area contributed by atoms with Gasteiger partial charge in [-0.05, 0) is 58.3 Å². The quantitative estimate of drug-likeness (QED) is 0.263. The number of thioether (sulfide) groups is 1. The highest BCUT2D eigenvalue weighted by atomic mass is 79.9. The molecule has 0 radical (unpaired) electrons. The van der Waals surface area contributed by atoms with E-state index in [2.05, 4.69) is 61.9 Å². The Labute approximate surface area is 176 Å². The number of para-hydroxylation sites is 1. The number of benzene rings is 2. The zero-order chi connectivity index (χ0) is 20.2. The van der Waals surface area contributed by atoms with Crippen LogP contribution >= 0.6 is 27.7 Å². The summed E-state index contributed by atoms with van der Waals surface area (Å²) < 4.78 is 12.3. The first kappa shape index (κ1) is 22.1. The molecule has 0 amide bonds. The SMILES string of the molecule is COC(=O)c1ccc(Br)c(SCc2ccccc2O[Si](C)(C)C(C)(C)C)c1. The van der Waals surface area contributed by atoms with E-state index in [1.54, 1.807) is 17.8 Å². The van der Waals surface area contributed by atoms with Gasteiger partial charge in [-0.15, -0.1) is 11.8 Å². The highest BCUT2D eigenvalue weighted by Crippen LogP contribution is 2.39. The molecule has 0 aliphatic heterocycles. The number of carbonyl (C=O) groups is 1. The van der Waals surface area contributed by atoms with E-state index in [-0.39, 0.29) is 11.0 Å². The first-order valence-corrected chi connectivity index (χ1v) is 13.5. The Morgan fingerprint density at radius 1 is 1.15 bits per heavy atom. The van der Waals surface area contributed by atoms with E-state index < -0.39 is 8.32 Å². The van der Waals surface area contributed by atoms with E-state index in [1.165, 1.54) is 7.11 Å². The van der Waals surface area contributed by atoms with Crippen LogP contribution < -0.4 is 4.43 Å². The summed E-state index contributed by atoms with van der Waals surface area (Å²) in [5, 5.41) is 0.144. The molecule has 0 atom stereocenters. The Bertz CT molecular complexity index is 815. The third kappa shape index (κ3) is 5.62. The molecule has 2 aromatic rings. The van der Waals surface area contributed by atoms with Gasteiger partial charge in [0.2, 0.25) is 8.32 Å². The summed E-state index contributed by atoms with van der Waals surface area (Å²) in [5.74, 6) is 1.39. The van der Waals surface area contributed by atoms with Crippen molar-refractivity contribution in [3.05, 3.63) is 58.1 Å². The van der Waals surface area contributed by atoms with Crippen molar-refractivity contribution in [1.29, 1.82) is 0 Å². The lowest BCUT2D eigenvalue weighted by Crippen LogP contribution is -2.44. The second-order valence-electron chi connectivity index (χ2n) is 7.90. The Morgan fingerprint density at radius 3 is 2.44 bits per heavy atom. The maximum absolute atomic E-state index is 11.8. The summed E-state index contributed by atoms with van der Waals surface area (Å²) in [5.41, 5.74) is 1.71. The van der Waals surface area contributed by atoms with Crippen LogP contribution in [0.4, 0.5) is 0 Å². The molecule has 0 aliphatic carbocycles. The zero-order valence-electron chi connectivity index (χ0n) is 16.8. The fraction of sp³-hybridized carbons (Fsp3) is 0.381. The van der Waals surface area contributed by atoms with Gasteiger partial charge in [0.15, 0.2) is 0 Å². The summed E-state index contributed by atoms with van der Waals surface area (Å²) in [4.78, 5) is 12.8. The number of halogens is 1. The average Bonchev–Trinajstić information content (AvgIpc) is 2.60. The number of hydrogen-bond acceptors (Lipinski definition) is 4. The van der Waals surface area contributed by atoms with E-state index in [1.807, 2.05) is 24.3 Å². The third-order valence-electron chi connectivity index (χ3n) is 4.88. The topological polar surface area (TPSA) is 35.5 Å². The van der Waals surface area contributed by atoms with Crippen LogP contribution in [-0.4, -0.2) is 21.4 Å². The molecule has 27 heavy (non-hydrogen) atoms. The first-order chi connectivity index (χ1) is 12.5. The van der Waals surface area contributed by atoms with Crippen LogP contribution in [0.25, 0.3) is 0 Å². The maximum atomic E-state index is 11.8. The lowest BCUT2D eigenvalue weighted by atomic mass is 10.2. The predicted octanol–water partition coefficient (Wildman–Crippen LogP) is 6.91. The van der Waals surface area contributed by atoms with Crippen molar-refractivity contribution in [1.82, 2.24) is 0 Å². The van der Waals surface area contributed by atoms with Crippen LogP contribution in [-0.2, 0) is 10.5 Å². The number of hydrogen-bond donors (Lipinski definition) is 0. The van der Waals surface area contributed by atoms with E-state index in [9.17, 15) is 4.79 Å². The van der Waals surface area contributed by atoms with Crippen molar-refractivity contribution in [2.45, 2.75) is 49.6 Å². The molecule has 0 heterocycles. The van der Waals surface area contributed by atoms with Crippen molar-refractivity contribution in [3.8, 4) is 5.75 Å². The molecule has 0 spiro atoms. The van der Waals surface area contributed by atoms with Crippen LogP contribution in [0.2, 0.25) is 18.1 Å². The van der Waals surface area contributed by atoms with E-state index in [4.69, 9.17) is 9.16 Å². The van der Waals surface area contributed by atoms with Gasteiger partial charge in [-0.3, -0.25) is 0 Å². The first-order valence-electron chi connectivity index (χ1n) is 8.83. The summed E-state index contributed by atoms with van der Waals surface area (Å²) in [6.45, 7) is 11.2. The Balaban J connectivity index is 2.22.